The van der Waals surface area contributed by atoms with Crippen LogP contribution in [0.1, 0.15) is 0 Å². The van der Waals surface area contributed by atoms with Crippen LogP contribution in [0, 0.1) is 11.3 Å². The Hall–Kier alpha value is -1.82. The van der Waals surface area contributed by atoms with E-state index in [4.69, 9.17) is 5.26 Å². The lowest BCUT2D eigenvalue weighted by Gasteiger charge is -1.89. The van der Waals surface area contributed by atoms with E-state index in [1.165, 1.54) is 0 Å². The van der Waals surface area contributed by atoms with Gasteiger partial charge in [0.15, 0.2) is 6.20 Å². The van der Waals surface area contributed by atoms with Gasteiger partial charge in [0.1, 0.15) is 11.6 Å². The molecule has 2 aromatic heterocycles. The van der Waals surface area contributed by atoms with Crippen LogP contribution in [0.25, 0.3) is 11.0 Å². The highest BCUT2D eigenvalue weighted by molar-refractivity contribution is 5.70. The van der Waals surface area contributed by atoms with Gasteiger partial charge in [-0.25, -0.2) is 0 Å². The molecule has 2 heterocycles. The molecular weight excluding hydrogens is 150 g/mol. The van der Waals surface area contributed by atoms with Crippen LogP contribution in [0.15, 0.2) is 30.6 Å². The van der Waals surface area contributed by atoms with Gasteiger partial charge >= 0.3 is 0 Å². The average molecular weight is 158 g/mol. The fourth-order valence-electron chi connectivity index (χ4n) is 1.30. The highest BCUT2D eigenvalue weighted by Crippen LogP contribution is 2.04. The molecule has 1 N–H and O–H groups in total. The van der Waals surface area contributed by atoms with Gasteiger partial charge in [-0.05, 0) is 6.07 Å². The summed E-state index contributed by atoms with van der Waals surface area (Å²) >= 11 is 0. The quantitative estimate of drug-likeness (QED) is 0.617. The van der Waals surface area contributed by atoms with E-state index in [0.717, 1.165) is 11.0 Å². The Labute approximate surface area is 69.9 Å². The number of hydrogen-bond donors (Lipinski definition) is 1. The van der Waals surface area contributed by atoms with Gasteiger partial charge in [-0.15, -0.1) is 0 Å². The minimum Gasteiger partial charge on any atom is -0.356 e. The number of rotatable bonds is 1. The molecule has 12 heavy (non-hydrogen) atoms. The van der Waals surface area contributed by atoms with Crippen molar-refractivity contribution >= 4 is 11.0 Å². The van der Waals surface area contributed by atoms with Crippen LogP contribution in [-0.2, 0) is 6.54 Å². The van der Waals surface area contributed by atoms with Crippen molar-refractivity contribution in [2.24, 2.45) is 0 Å². The summed E-state index contributed by atoms with van der Waals surface area (Å²) in [4.78, 5) is 3.09. The molecule has 0 saturated heterocycles. The predicted molar refractivity (Wildman–Crippen MR) is 44.1 cm³/mol. The normalized spacial score (nSPS) is 9.92. The van der Waals surface area contributed by atoms with E-state index in [9.17, 15) is 0 Å². The molecule has 0 amide bonds. The van der Waals surface area contributed by atoms with E-state index in [2.05, 4.69) is 11.1 Å². The zero-order valence-corrected chi connectivity index (χ0v) is 6.49. The Morgan fingerprint density at radius 2 is 2.42 bits per heavy atom. The molecule has 0 aliphatic carbocycles. The van der Waals surface area contributed by atoms with Crippen molar-refractivity contribution in [3.63, 3.8) is 0 Å². The minimum absolute atomic E-state index is 0.398. The van der Waals surface area contributed by atoms with E-state index in [-0.39, 0.29) is 0 Å². The lowest BCUT2D eigenvalue weighted by molar-refractivity contribution is -0.658. The van der Waals surface area contributed by atoms with Gasteiger partial charge in [0, 0.05) is 18.3 Å². The molecule has 0 radical (unpaired) electrons. The number of fused-ring (bicyclic) bond motifs is 1. The zero-order chi connectivity index (χ0) is 8.39. The molecule has 58 valence electrons. The topological polar surface area (TPSA) is 43.5 Å². The maximum atomic E-state index is 8.54. The maximum absolute atomic E-state index is 8.54. The van der Waals surface area contributed by atoms with Crippen LogP contribution >= 0.6 is 0 Å². The summed E-state index contributed by atoms with van der Waals surface area (Å²) in [6.07, 6.45) is 3.78. The summed E-state index contributed by atoms with van der Waals surface area (Å²) in [6.45, 7) is 0.398. The first-order valence-electron chi connectivity index (χ1n) is 3.74. The molecule has 0 aliphatic rings. The third kappa shape index (κ3) is 0.940. The van der Waals surface area contributed by atoms with Gasteiger partial charge < -0.3 is 4.98 Å². The second-order valence-corrected chi connectivity index (χ2v) is 2.57. The van der Waals surface area contributed by atoms with Crippen molar-refractivity contribution in [3.05, 3.63) is 30.6 Å². The van der Waals surface area contributed by atoms with Crippen molar-refractivity contribution < 1.29 is 4.57 Å². The monoisotopic (exact) mass is 158 g/mol. The average Bonchev–Trinajstić information content (AvgIpc) is 2.53. The first-order chi connectivity index (χ1) is 5.92. The SMILES string of the molecule is N#CC[n+]1cccc2[nH]ccc21. The molecule has 2 rings (SSSR count). The second-order valence-electron chi connectivity index (χ2n) is 2.57. The third-order valence-electron chi connectivity index (χ3n) is 1.84. The lowest BCUT2D eigenvalue weighted by atomic mass is 10.3. The van der Waals surface area contributed by atoms with Crippen molar-refractivity contribution in [1.82, 2.24) is 4.98 Å². The van der Waals surface area contributed by atoms with Gasteiger partial charge in [0.2, 0.25) is 12.1 Å². The summed E-state index contributed by atoms with van der Waals surface area (Å²) in [7, 11) is 0. The van der Waals surface area contributed by atoms with E-state index < -0.39 is 0 Å². The molecule has 0 bridgehead atoms. The van der Waals surface area contributed by atoms with Crippen LogP contribution in [-0.4, -0.2) is 4.98 Å². The zero-order valence-electron chi connectivity index (χ0n) is 6.49. The van der Waals surface area contributed by atoms with Crippen LogP contribution in [0.2, 0.25) is 0 Å². The molecule has 2 aromatic rings. The number of H-pyrrole nitrogens is 1. The Morgan fingerprint density at radius 1 is 1.50 bits per heavy atom. The highest BCUT2D eigenvalue weighted by Gasteiger charge is 2.06. The standard InChI is InChI=1S/C9H7N3/c10-4-7-12-6-1-2-8-9(12)3-5-11-8/h1-3,5-6H,7H2/p+1. The Kier molecular flexibility index (Phi) is 1.52. The van der Waals surface area contributed by atoms with E-state index >= 15 is 0 Å². The summed E-state index contributed by atoms with van der Waals surface area (Å²) in [6, 6.07) is 8.00. The van der Waals surface area contributed by atoms with Crippen LogP contribution < -0.4 is 4.57 Å². The first-order valence-corrected chi connectivity index (χ1v) is 3.74. The van der Waals surface area contributed by atoms with E-state index in [0.29, 0.717) is 6.54 Å². The smallest absolute Gasteiger partial charge is 0.234 e. The number of hydrogen-bond acceptors (Lipinski definition) is 1. The number of nitrogens with zero attached hydrogens (tertiary/aromatic N) is 2. The lowest BCUT2D eigenvalue weighted by Crippen LogP contribution is -2.32. The molecule has 0 aromatic carbocycles. The maximum Gasteiger partial charge on any atom is 0.234 e. The van der Waals surface area contributed by atoms with Gasteiger partial charge in [0.05, 0.1) is 0 Å². The predicted octanol–water partition coefficient (Wildman–Crippen LogP) is 0.979. The number of pyridine rings is 1. The molecule has 3 nitrogen and oxygen atoms in total. The molecule has 0 saturated carbocycles. The molecule has 0 spiro atoms. The number of nitriles is 1. The second kappa shape index (κ2) is 2.67. The molecule has 0 fully saturated rings. The fraction of sp³-hybridized carbons (Fsp3) is 0.111. The van der Waals surface area contributed by atoms with Gasteiger partial charge in [-0.1, -0.05) is 0 Å². The Balaban J connectivity index is 2.67. The van der Waals surface area contributed by atoms with E-state index in [1.54, 1.807) is 0 Å². The van der Waals surface area contributed by atoms with Crippen molar-refractivity contribution in [2.75, 3.05) is 0 Å². The number of nitrogens with one attached hydrogen (secondary N) is 1. The van der Waals surface area contributed by atoms with Gasteiger partial charge in [-0.3, -0.25) is 0 Å². The van der Waals surface area contributed by atoms with E-state index in [1.807, 2.05) is 35.2 Å². The number of aromatic amines is 1. The fourth-order valence-corrected chi connectivity index (χ4v) is 1.30. The highest BCUT2D eigenvalue weighted by atomic mass is 15.0. The molecule has 3 heteroatoms. The van der Waals surface area contributed by atoms with Crippen LogP contribution in [0.5, 0.6) is 0 Å². The summed E-state index contributed by atoms with van der Waals surface area (Å²) in [5, 5.41) is 8.54. The van der Waals surface area contributed by atoms with Gasteiger partial charge in [0.25, 0.3) is 0 Å². The molecule has 0 unspecified atom stereocenters. The molecule has 0 aliphatic heterocycles. The van der Waals surface area contributed by atoms with Gasteiger partial charge in [-0.2, -0.15) is 9.83 Å². The van der Waals surface area contributed by atoms with Crippen LogP contribution in [0.4, 0.5) is 0 Å². The number of aromatic nitrogens is 2. The third-order valence-corrected chi connectivity index (χ3v) is 1.84. The summed E-state index contributed by atoms with van der Waals surface area (Å²) in [5.41, 5.74) is 2.13. The van der Waals surface area contributed by atoms with Crippen molar-refractivity contribution in [3.8, 4) is 6.07 Å². The summed E-state index contributed by atoms with van der Waals surface area (Å²) < 4.78 is 1.91. The summed E-state index contributed by atoms with van der Waals surface area (Å²) in [5.74, 6) is 0. The van der Waals surface area contributed by atoms with Crippen LogP contribution in [0.3, 0.4) is 0 Å². The minimum atomic E-state index is 0.398. The van der Waals surface area contributed by atoms with Crippen molar-refractivity contribution in [1.29, 1.82) is 5.26 Å². The molecular formula is C9H8N3+. The Morgan fingerprint density at radius 3 is 3.25 bits per heavy atom. The largest absolute Gasteiger partial charge is 0.356 e. The Bertz CT molecular complexity index is 436. The first kappa shape index (κ1) is 6.86. The van der Waals surface area contributed by atoms with Crippen molar-refractivity contribution in [2.45, 2.75) is 6.54 Å². The molecule has 0 atom stereocenters.